The van der Waals surface area contributed by atoms with Crippen LogP contribution in [0, 0.1) is 0 Å². The quantitative estimate of drug-likeness (QED) is 0.464. The van der Waals surface area contributed by atoms with Crippen LogP contribution in [-0.2, 0) is 22.6 Å². The molecule has 2 aromatic rings. The van der Waals surface area contributed by atoms with Crippen molar-refractivity contribution in [3.05, 3.63) is 67.6 Å². The Hall–Kier alpha value is -1.46. The molecule has 2 rings (SSSR count). The number of amides is 2. The van der Waals surface area contributed by atoms with E-state index in [1.165, 1.54) is 0 Å². The van der Waals surface area contributed by atoms with Crippen molar-refractivity contribution in [2.75, 3.05) is 0 Å². The van der Waals surface area contributed by atoms with E-state index >= 15 is 0 Å². The number of hydrogen-bond donors (Lipinski definition) is 1. The lowest BCUT2D eigenvalue weighted by molar-refractivity contribution is -0.141. The van der Waals surface area contributed by atoms with Gasteiger partial charge in [0.05, 0.1) is 16.5 Å². The van der Waals surface area contributed by atoms with E-state index in [0.29, 0.717) is 37.6 Å². The molecular formula is C23H26Cl4N2O2. The van der Waals surface area contributed by atoms with Crippen LogP contribution >= 0.6 is 46.4 Å². The minimum atomic E-state index is -0.666. The smallest absolute Gasteiger partial charge is 0.243 e. The van der Waals surface area contributed by atoms with Gasteiger partial charge in [-0.05, 0) is 62.6 Å². The van der Waals surface area contributed by atoms with Crippen molar-refractivity contribution in [2.45, 2.75) is 58.7 Å². The fourth-order valence-corrected chi connectivity index (χ4v) is 3.92. The number of halogens is 4. The normalized spacial score (nSPS) is 12.4. The summed E-state index contributed by atoms with van der Waals surface area (Å²) in [5.74, 6) is -0.442. The molecule has 1 atom stereocenters. The number of hydrogen-bond acceptors (Lipinski definition) is 2. The topological polar surface area (TPSA) is 49.4 Å². The van der Waals surface area contributed by atoms with Crippen molar-refractivity contribution in [1.82, 2.24) is 10.2 Å². The van der Waals surface area contributed by atoms with E-state index in [2.05, 4.69) is 5.32 Å². The lowest BCUT2D eigenvalue weighted by Gasteiger charge is -2.33. The zero-order chi connectivity index (χ0) is 23.3. The zero-order valence-corrected chi connectivity index (χ0v) is 21.0. The van der Waals surface area contributed by atoms with Gasteiger partial charge in [0.25, 0.3) is 0 Å². The van der Waals surface area contributed by atoms with Gasteiger partial charge in [0.15, 0.2) is 0 Å². The maximum absolute atomic E-state index is 13.4. The van der Waals surface area contributed by atoms with E-state index in [4.69, 9.17) is 46.4 Å². The van der Waals surface area contributed by atoms with E-state index in [0.717, 1.165) is 0 Å². The van der Waals surface area contributed by atoms with Crippen LogP contribution in [0.5, 0.6) is 0 Å². The molecule has 0 aliphatic heterocycles. The monoisotopic (exact) mass is 502 g/mol. The molecule has 0 unspecified atom stereocenters. The molecule has 0 spiro atoms. The fraction of sp³-hybridized carbons (Fsp3) is 0.391. The van der Waals surface area contributed by atoms with E-state index in [1.807, 2.05) is 27.7 Å². The summed E-state index contributed by atoms with van der Waals surface area (Å²) >= 11 is 24.5. The van der Waals surface area contributed by atoms with Gasteiger partial charge in [-0.15, -0.1) is 0 Å². The predicted octanol–water partition coefficient (Wildman–Crippen LogP) is 6.56. The van der Waals surface area contributed by atoms with Crippen molar-refractivity contribution in [2.24, 2.45) is 0 Å². The number of nitrogens with one attached hydrogen (secondary N) is 1. The Labute approximate surface area is 203 Å². The SMILES string of the molecule is CC[C@H](C(=O)NC(C)(C)C)N(Cc1ccc(Cl)cc1Cl)C(=O)Cc1ccc(Cl)c(Cl)c1. The number of benzene rings is 2. The Bertz CT molecular complexity index is 957. The molecule has 0 radical (unpaired) electrons. The van der Waals surface area contributed by atoms with Gasteiger partial charge in [0.2, 0.25) is 11.8 Å². The Morgan fingerprint density at radius 3 is 2.19 bits per heavy atom. The summed E-state index contributed by atoms with van der Waals surface area (Å²) in [5.41, 5.74) is 0.981. The molecule has 2 amide bonds. The van der Waals surface area contributed by atoms with Gasteiger partial charge >= 0.3 is 0 Å². The molecule has 168 valence electrons. The third-order valence-corrected chi connectivity index (χ3v) is 5.91. The van der Waals surface area contributed by atoms with Crippen molar-refractivity contribution in [1.29, 1.82) is 0 Å². The summed E-state index contributed by atoms with van der Waals surface area (Å²) in [4.78, 5) is 27.9. The predicted molar refractivity (Wildman–Crippen MR) is 129 cm³/mol. The van der Waals surface area contributed by atoms with Crippen LogP contribution in [0.15, 0.2) is 36.4 Å². The summed E-state index contributed by atoms with van der Waals surface area (Å²) in [7, 11) is 0. The van der Waals surface area contributed by atoms with Gasteiger partial charge < -0.3 is 10.2 Å². The Kier molecular flexibility index (Phi) is 9.08. The van der Waals surface area contributed by atoms with Crippen LogP contribution in [0.3, 0.4) is 0 Å². The molecule has 4 nitrogen and oxygen atoms in total. The molecule has 0 aliphatic carbocycles. The number of carbonyl (C=O) groups excluding carboxylic acids is 2. The van der Waals surface area contributed by atoms with Gasteiger partial charge in [-0.25, -0.2) is 0 Å². The maximum atomic E-state index is 13.4. The number of carbonyl (C=O) groups is 2. The lowest BCUT2D eigenvalue weighted by Crippen LogP contribution is -2.53. The summed E-state index contributed by atoms with van der Waals surface area (Å²) in [6.45, 7) is 7.74. The molecule has 0 fully saturated rings. The molecular weight excluding hydrogens is 478 g/mol. The highest BCUT2D eigenvalue weighted by molar-refractivity contribution is 6.42. The summed E-state index contributed by atoms with van der Waals surface area (Å²) in [6, 6.07) is 9.48. The molecule has 31 heavy (non-hydrogen) atoms. The van der Waals surface area contributed by atoms with Crippen molar-refractivity contribution < 1.29 is 9.59 Å². The summed E-state index contributed by atoms with van der Waals surface area (Å²) in [5, 5.41) is 4.69. The molecule has 1 N–H and O–H groups in total. The van der Waals surface area contributed by atoms with Gasteiger partial charge in [0.1, 0.15) is 6.04 Å². The second-order valence-electron chi connectivity index (χ2n) is 8.35. The molecule has 0 saturated heterocycles. The third-order valence-electron chi connectivity index (χ3n) is 4.58. The van der Waals surface area contributed by atoms with Crippen molar-refractivity contribution in [3.8, 4) is 0 Å². The Balaban J connectivity index is 2.38. The summed E-state index contributed by atoms with van der Waals surface area (Å²) < 4.78 is 0. The van der Waals surface area contributed by atoms with E-state index in [9.17, 15) is 9.59 Å². The molecule has 8 heteroatoms. The van der Waals surface area contributed by atoms with Crippen LogP contribution in [-0.4, -0.2) is 28.3 Å². The van der Waals surface area contributed by atoms with Gasteiger partial charge in [-0.1, -0.05) is 65.5 Å². The van der Waals surface area contributed by atoms with E-state index in [-0.39, 0.29) is 24.8 Å². The molecule has 0 saturated carbocycles. The second kappa shape index (κ2) is 10.9. The molecule has 2 aromatic carbocycles. The van der Waals surface area contributed by atoms with E-state index in [1.54, 1.807) is 41.3 Å². The van der Waals surface area contributed by atoms with E-state index < -0.39 is 11.6 Å². The minimum absolute atomic E-state index is 0.0708. The van der Waals surface area contributed by atoms with Crippen LogP contribution in [0.2, 0.25) is 20.1 Å². The van der Waals surface area contributed by atoms with Crippen LogP contribution in [0.4, 0.5) is 0 Å². The standard InChI is InChI=1S/C23H26Cl4N2O2/c1-5-20(22(31)28-23(2,3)4)29(13-15-7-8-16(24)12-18(15)26)21(30)11-14-6-9-17(25)19(27)10-14/h6-10,12,20H,5,11,13H2,1-4H3,(H,28,31)/t20-/m1/s1. The Morgan fingerprint density at radius 1 is 0.968 bits per heavy atom. The van der Waals surface area contributed by atoms with Gasteiger partial charge in [-0.2, -0.15) is 0 Å². The lowest BCUT2D eigenvalue weighted by atomic mass is 10.0. The van der Waals surface area contributed by atoms with Crippen LogP contribution in [0.25, 0.3) is 0 Å². The first-order valence-corrected chi connectivity index (χ1v) is 11.4. The maximum Gasteiger partial charge on any atom is 0.243 e. The van der Waals surface area contributed by atoms with Crippen molar-refractivity contribution in [3.63, 3.8) is 0 Å². The first-order chi connectivity index (χ1) is 14.4. The van der Waals surface area contributed by atoms with Crippen LogP contribution < -0.4 is 5.32 Å². The molecule has 0 bridgehead atoms. The third kappa shape index (κ3) is 7.57. The average molecular weight is 504 g/mol. The van der Waals surface area contributed by atoms with Crippen molar-refractivity contribution >= 4 is 58.2 Å². The molecule has 0 heterocycles. The minimum Gasteiger partial charge on any atom is -0.350 e. The number of nitrogens with zero attached hydrogens (tertiary/aromatic N) is 1. The first kappa shape index (κ1) is 25.8. The second-order valence-corrected chi connectivity index (χ2v) is 10.0. The highest BCUT2D eigenvalue weighted by Crippen LogP contribution is 2.26. The first-order valence-electron chi connectivity index (χ1n) is 9.90. The van der Waals surface area contributed by atoms with Gasteiger partial charge in [0, 0.05) is 22.1 Å². The largest absolute Gasteiger partial charge is 0.350 e. The summed E-state index contributed by atoms with van der Waals surface area (Å²) in [6.07, 6.45) is 0.516. The fourth-order valence-electron chi connectivity index (χ4n) is 3.13. The highest BCUT2D eigenvalue weighted by atomic mass is 35.5. The highest BCUT2D eigenvalue weighted by Gasteiger charge is 2.31. The molecule has 0 aliphatic rings. The number of rotatable bonds is 7. The zero-order valence-electron chi connectivity index (χ0n) is 17.9. The Morgan fingerprint density at radius 2 is 1.65 bits per heavy atom. The average Bonchev–Trinajstić information content (AvgIpc) is 2.64. The molecule has 0 aromatic heterocycles. The van der Waals surface area contributed by atoms with Gasteiger partial charge in [-0.3, -0.25) is 9.59 Å². The van der Waals surface area contributed by atoms with Crippen LogP contribution in [0.1, 0.15) is 45.2 Å².